The van der Waals surface area contributed by atoms with Crippen molar-refractivity contribution >= 4 is 48.1 Å². The number of sulfone groups is 1. The molecule has 2 aliphatic rings. The highest BCUT2D eigenvalue weighted by molar-refractivity contribution is 7.91. The number of piperidine rings is 1. The number of rotatable bonds is 9. The number of fused-ring (bicyclic) bond motifs is 1. The molecule has 0 saturated carbocycles. The molecule has 2 fully saturated rings. The molecule has 1 aromatic heterocycles. The van der Waals surface area contributed by atoms with Gasteiger partial charge in [0.1, 0.15) is 6.04 Å². The van der Waals surface area contributed by atoms with Gasteiger partial charge in [-0.2, -0.15) is 0 Å². The minimum absolute atomic E-state index is 0.0756. The van der Waals surface area contributed by atoms with Gasteiger partial charge in [0, 0.05) is 43.1 Å². The maximum atomic E-state index is 13.8. The summed E-state index contributed by atoms with van der Waals surface area (Å²) in [7, 11) is -7.17. The Hall–Kier alpha value is -2.61. The van der Waals surface area contributed by atoms with Crippen LogP contribution in [0.15, 0.2) is 65.8 Å². The first kappa shape index (κ1) is 29.9. The van der Waals surface area contributed by atoms with Crippen molar-refractivity contribution < 1.29 is 21.6 Å². The number of halogens is 1. The van der Waals surface area contributed by atoms with Crippen molar-refractivity contribution in [2.75, 3.05) is 44.2 Å². The van der Waals surface area contributed by atoms with Gasteiger partial charge in [-0.1, -0.05) is 23.7 Å². The highest BCUT2D eigenvalue weighted by Crippen LogP contribution is 2.29. The zero-order chi connectivity index (χ0) is 29.0. The molecule has 2 aliphatic heterocycles. The van der Waals surface area contributed by atoms with Gasteiger partial charge < -0.3 is 10.2 Å². The van der Waals surface area contributed by atoms with Crippen LogP contribution in [-0.4, -0.2) is 82.9 Å². The van der Waals surface area contributed by atoms with Crippen LogP contribution in [0.5, 0.6) is 0 Å². The summed E-state index contributed by atoms with van der Waals surface area (Å²) in [5.74, 6) is -0.343. The van der Waals surface area contributed by atoms with Crippen molar-refractivity contribution in [3.63, 3.8) is 0 Å². The average molecular weight is 620 g/mol. The molecule has 2 atom stereocenters. The Morgan fingerprint density at radius 2 is 1.68 bits per heavy atom. The summed E-state index contributed by atoms with van der Waals surface area (Å²) in [4.78, 5) is 19.5. The molecule has 5 rings (SSSR count). The van der Waals surface area contributed by atoms with E-state index in [-0.39, 0.29) is 53.9 Å². The van der Waals surface area contributed by atoms with E-state index in [0.29, 0.717) is 5.02 Å². The Kier molecular flexibility index (Phi) is 9.27. The minimum Gasteiger partial charge on any atom is -0.339 e. The lowest BCUT2D eigenvalue weighted by molar-refractivity contribution is -0.133. The molecule has 3 N–H and O–H groups in total. The Balaban J connectivity index is 1.41. The van der Waals surface area contributed by atoms with Crippen LogP contribution in [-0.2, 0) is 24.7 Å². The monoisotopic (exact) mass is 619 g/mol. The minimum atomic E-state index is -3.97. The highest BCUT2D eigenvalue weighted by Gasteiger charge is 2.34. The van der Waals surface area contributed by atoms with E-state index in [4.69, 9.17) is 11.6 Å². The van der Waals surface area contributed by atoms with Crippen molar-refractivity contribution in [1.29, 1.82) is 0 Å². The SMILES string of the molecule is O=C(C(CNS(=O)(=O)c1ccc2cc(Cl)ccc2c1)NC(c1ccncc1)C1CCNCC1)N1CCS(=O)(=O)CC1. The van der Waals surface area contributed by atoms with Gasteiger partial charge in [-0.25, -0.2) is 21.6 Å². The lowest BCUT2D eigenvalue weighted by Crippen LogP contribution is -2.56. The molecular formula is C28H34ClN5O5S2. The second-order valence-electron chi connectivity index (χ2n) is 10.5. The quantitative estimate of drug-likeness (QED) is 0.331. The van der Waals surface area contributed by atoms with E-state index in [2.05, 4.69) is 20.3 Å². The summed E-state index contributed by atoms with van der Waals surface area (Å²) in [5.41, 5.74) is 0.960. The van der Waals surface area contributed by atoms with Crippen molar-refractivity contribution in [2.24, 2.45) is 5.92 Å². The third-order valence-electron chi connectivity index (χ3n) is 7.82. The topological polar surface area (TPSA) is 138 Å². The first-order valence-corrected chi connectivity index (χ1v) is 17.3. The fourth-order valence-corrected chi connectivity index (χ4v) is 7.94. The van der Waals surface area contributed by atoms with Gasteiger partial charge in [-0.15, -0.1) is 0 Å². The number of nitrogens with zero attached hydrogens (tertiary/aromatic N) is 2. The molecule has 0 bridgehead atoms. The second-order valence-corrected chi connectivity index (χ2v) is 15.1. The second kappa shape index (κ2) is 12.7. The third kappa shape index (κ3) is 7.43. The molecule has 13 heteroatoms. The molecule has 0 aliphatic carbocycles. The van der Waals surface area contributed by atoms with E-state index >= 15 is 0 Å². The predicted octanol–water partition coefficient (Wildman–Crippen LogP) is 2.12. The van der Waals surface area contributed by atoms with Gasteiger partial charge in [0.2, 0.25) is 15.9 Å². The van der Waals surface area contributed by atoms with Crippen LogP contribution in [0.1, 0.15) is 24.4 Å². The number of carbonyl (C=O) groups excluding carboxylic acids is 1. The van der Waals surface area contributed by atoms with Crippen molar-refractivity contribution in [1.82, 2.24) is 25.2 Å². The number of hydrogen-bond donors (Lipinski definition) is 3. The smallest absolute Gasteiger partial charge is 0.241 e. The van der Waals surface area contributed by atoms with Crippen LogP contribution in [0.4, 0.5) is 0 Å². The Labute approximate surface area is 245 Å². The number of sulfonamides is 1. The molecule has 2 saturated heterocycles. The largest absolute Gasteiger partial charge is 0.339 e. The summed E-state index contributed by atoms with van der Waals surface area (Å²) in [6.07, 6.45) is 5.17. The van der Waals surface area contributed by atoms with Gasteiger partial charge >= 0.3 is 0 Å². The zero-order valence-corrected chi connectivity index (χ0v) is 24.9. The lowest BCUT2D eigenvalue weighted by atomic mass is 9.85. The van der Waals surface area contributed by atoms with E-state index < -0.39 is 25.9 Å². The third-order valence-corrected chi connectivity index (χ3v) is 11.1. The fraction of sp³-hybridized carbons (Fsp3) is 0.429. The highest BCUT2D eigenvalue weighted by atomic mass is 35.5. The standard InChI is InChI=1S/C28H34ClN5O5S2/c29-24-3-1-23-18-25(4-2-22(23)17-24)41(38,39)32-19-26(28(35)34-13-15-40(36,37)16-14-34)33-27(20-5-9-30-10-6-20)21-7-11-31-12-8-21/h1-6,9-10,17-18,21,26-27,31-33H,7-8,11-16,19H2. The van der Waals surface area contributed by atoms with E-state index in [1.807, 2.05) is 12.1 Å². The average Bonchev–Trinajstić information content (AvgIpc) is 2.97. The molecule has 1 amide bonds. The van der Waals surface area contributed by atoms with Crippen LogP contribution in [0, 0.1) is 5.92 Å². The normalized spacial score (nSPS) is 19.6. The number of hydrogen-bond acceptors (Lipinski definition) is 8. The summed E-state index contributed by atoms with van der Waals surface area (Å²) >= 11 is 6.07. The van der Waals surface area contributed by atoms with Crippen molar-refractivity contribution in [3.8, 4) is 0 Å². The van der Waals surface area contributed by atoms with Crippen LogP contribution in [0.2, 0.25) is 5.02 Å². The molecule has 10 nitrogen and oxygen atoms in total. The molecule has 0 spiro atoms. The molecule has 2 aromatic carbocycles. The maximum absolute atomic E-state index is 13.8. The number of pyridine rings is 1. The number of nitrogens with one attached hydrogen (secondary N) is 3. The van der Waals surface area contributed by atoms with Crippen LogP contribution in [0.25, 0.3) is 10.8 Å². The summed E-state index contributed by atoms with van der Waals surface area (Å²) in [6.45, 7) is 1.64. The van der Waals surface area contributed by atoms with Crippen molar-refractivity contribution in [3.05, 3.63) is 71.5 Å². The maximum Gasteiger partial charge on any atom is 0.241 e. The Bertz CT molecular complexity index is 1580. The van der Waals surface area contributed by atoms with Gasteiger partial charge in [-0.05, 0) is 84.6 Å². The number of benzene rings is 2. The molecular weight excluding hydrogens is 586 g/mol. The first-order chi connectivity index (χ1) is 19.6. The fourth-order valence-electron chi connectivity index (χ4n) is 5.48. The molecule has 0 radical (unpaired) electrons. The van der Waals surface area contributed by atoms with Gasteiger partial charge in [0.25, 0.3) is 0 Å². The Morgan fingerprint density at radius 1 is 1.02 bits per heavy atom. The summed E-state index contributed by atoms with van der Waals surface area (Å²) in [6, 6.07) is 12.7. The zero-order valence-electron chi connectivity index (χ0n) is 22.5. The van der Waals surface area contributed by atoms with E-state index in [0.717, 1.165) is 42.3 Å². The first-order valence-electron chi connectivity index (χ1n) is 13.7. The van der Waals surface area contributed by atoms with Crippen LogP contribution in [0.3, 0.4) is 0 Å². The number of carbonyl (C=O) groups is 1. The van der Waals surface area contributed by atoms with Crippen LogP contribution >= 0.6 is 11.6 Å². The number of aromatic nitrogens is 1. The Morgan fingerprint density at radius 3 is 2.39 bits per heavy atom. The van der Waals surface area contributed by atoms with Gasteiger partial charge in [-0.3, -0.25) is 15.1 Å². The van der Waals surface area contributed by atoms with E-state index in [9.17, 15) is 21.6 Å². The number of amides is 1. The van der Waals surface area contributed by atoms with E-state index in [1.165, 1.54) is 11.0 Å². The molecule has 2 unspecified atom stereocenters. The van der Waals surface area contributed by atoms with Crippen LogP contribution < -0.4 is 15.4 Å². The predicted molar refractivity (Wildman–Crippen MR) is 159 cm³/mol. The summed E-state index contributed by atoms with van der Waals surface area (Å²) in [5, 5.41) is 8.94. The lowest BCUT2D eigenvalue weighted by Gasteiger charge is -2.36. The molecule has 3 aromatic rings. The van der Waals surface area contributed by atoms with Gasteiger partial charge in [0.15, 0.2) is 9.84 Å². The van der Waals surface area contributed by atoms with E-state index in [1.54, 1.807) is 42.7 Å². The molecule has 41 heavy (non-hydrogen) atoms. The summed E-state index contributed by atoms with van der Waals surface area (Å²) < 4.78 is 53.5. The molecule has 3 heterocycles. The van der Waals surface area contributed by atoms with Crippen molar-refractivity contribution in [2.45, 2.75) is 29.8 Å². The molecule has 220 valence electrons. The van der Waals surface area contributed by atoms with Gasteiger partial charge in [0.05, 0.1) is 16.4 Å².